The Morgan fingerprint density at radius 2 is 1.67 bits per heavy atom. The molecule has 276 valence electrons. The number of carbonyl (C=O) groups excluding carboxylic acids is 4. The molecule has 2 saturated heterocycles. The molecule has 2 aliphatic heterocycles. The van der Waals surface area contributed by atoms with Crippen LogP contribution in [0.2, 0.25) is 0 Å². The molecule has 2 atom stereocenters. The summed E-state index contributed by atoms with van der Waals surface area (Å²) in [4.78, 5) is 58.4. The molecule has 0 bridgehead atoms. The van der Waals surface area contributed by atoms with Gasteiger partial charge >= 0.3 is 5.97 Å². The van der Waals surface area contributed by atoms with Gasteiger partial charge in [-0.1, -0.05) is 78.9 Å². The van der Waals surface area contributed by atoms with E-state index in [1.54, 1.807) is 62.3 Å². The summed E-state index contributed by atoms with van der Waals surface area (Å²) in [5, 5.41) is 14.4. The fourth-order valence-corrected chi connectivity index (χ4v) is 7.79. The molecule has 0 aliphatic carbocycles. The molecule has 11 heteroatoms. The first-order chi connectivity index (χ1) is 26.2. The number of piperazine rings is 1. The van der Waals surface area contributed by atoms with Crippen LogP contribution in [0.4, 0.5) is 0 Å². The van der Waals surface area contributed by atoms with Crippen LogP contribution in [0, 0.1) is 0 Å². The summed E-state index contributed by atoms with van der Waals surface area (Å²) in [6.07, 6.45) is 3.93. The van der Waals surface area contributed by atoms with Gasteiger partial charge in [-0.05, 0) is 52.9 Å². The van der Waals surface area contributed by atoms with Gasteiger partial charge in [0, 0.05) is 50.1 Å². The Labute approximate surface area is 314 Å². The van der Waals surface area contributed by atoms with Crippen LogP contribution in [-0.2, 0) is 45.6 Å². The topological polar surface area (TPSA) is 116 Å². The summed E-state index contributed by atoms with van der Waals surface area (Å²) < 4.78 is 6.91. The second-order valence-electron chi connectivity index (χ2n) is 13.8. The average molecular weight is 726 g/mol. The summed E-state index contributed by atoms with van der Waals surface area (Å²) in [6.45, 7) is 4.48. The van der Waals surface area contributed by atoms with E-state index in [-0.39, 0.29) is 62.5 Å². The third kappa shape index (κ3) is 7.10. The summed E-state index contributed by atoms with van der Waals surface area (Å²) in [7, 11) is 3.32. The molecule has 0 radical (unpaired) electrons. The first-order valence-electron chi connectivity index (χ1n) is 18.0. The number of methoxy groups -OCH3 is 1. The van der Waals surface area contributed by atoms with Gasteiger partial charge < -0.3 is 24.2 Å². The van der Waals surface area contributed by atoms with Crippen LogP contribution in [0.3, 0.4) is 0 Å². The number of hydrogen-bond donors (Lipinski definition) is 1. The van der Waals surface area contributed by atoms with Crippen molar-refractivity contribution in [2.24, 2.45) is 7.05 Å². The van der Waals surface area contributed by atoms with E-state index in [0.29, 0.717) is 12.0 Å². The Kier molecular flexibility index (Phi) is 10.3. The highest BCUT2D eigenvalue weighted by molar-refractivity contribution is 5.99. The van der Waals surface area contributed by atoms with E-state index >= 15 is 0 Å². The molecule has 4 aromatic carbocycles. The third-order valence-corrected chi connectivity index (χ3v) is 10.3. The van der Waals surface area contributed by atoms with E-state index in [1.807, 2.05) is 78.5 Å². The Hall–Kier alpha value is -6.20. The molecule has 3 amide bonds. The van der Waals surface area contributed by atoms with E-state index in [2.05, 4.69) is 6.58 Å². The van der Waals surface area contributed by atoms with Gasteiger partial charge in [0.15, 0.2) is 0 Å². The minimum absolute atomic E-state index is 0.0645. The number of benzene rings is 4. The van der Waals surface area contributed by atoms with E-state index in [0.717, 1.165) is 38.7 Å². The van der Waals surface area contributed by atoms with E-state index < -0.39 is 18.2 Å². The molecule has 1 N–H and O–H groups in total. The number of ether oxygens (including phenoxy) is 1. The summed E-state index contributed by atoms with van der Waals surface area (Å²) in [5.74, 6) is -0.899. The number of rotatable bonds is 11. The van der Waals surface area contributed by atoms with Gasteiger partial charge in [-0.3, -0.25) is 14.4 Å². The van der Waals surface area contributed by atoms with Crippen LogP contribution in [0.15, 0.2) is 116 Å². The molecular weight excluding hydrogens is 683 g/mol. The highest BCUT2D eigenvalue weighted by Crippen LogP contribution is 2.35. The summed E-state index contributed by atoms with van der Waals surface area (Å²) >= 11 is 0. The Bertz CT molecular complexity index is 2200. The number of amides is 3. The number of para-hydroxylation sites is 1. The standard InChI is InChI=1S/C43H43N5O6/c1-4-23-46-28-40(51)47-37(24-30-13-20-34(49)21-14-30)42(52)45(27-38(47)48(46)39(50)22-15-29-9-6-5-7-10-29)25-33-11-8-12-35-36(26-44(2)41(33)35)31-16-18-32(19-17-31)43(53)54-3/h4-14,16-21,26,37-38,49H,1,15,22-25,27-28H2,2-3H3/t37-,38-/m0/s1. The molecule has 11 nitrogen and oxygen atoms in total. The lowest BCUT2D eigenvalue weighted by Crippen LogP contribution is -2.75. The zero-order valence-electron chi connectivity index (χ0n) is 30.4. The van der Waals surface area contributed by atoms with Crippen LogP contribution in [0.1, 0.15) is 33.5 Å². The molecule has 1 aromatic heterocycles. The molecular formula is C43H43N5O6. The SMILES string of the molecule is C=CCN1CC(=O)N2[C@@H](Cc3ccc(O)cc3)C(=O)N(Cc3cccc4c(-c5ccc(C(=O)OC)cc5)cn(C)c34)C[C@@H]2N1C(=O)CCc1ccccc1. The molecule has 2 aliphatic rings. The predicted molar refractivity (Wildman–Crippen MR) is 205 cm³/mol. The monoisotopic (exact) mass is 725 g/mol. The number of aromatic hydroxyl groups is 1. The fourth-order valence-electron chi connectivity index (χ4n) is 7.79. The maximum Gasteiger partial charge on any atom is 0.337 e. The van der Waals surface area contributed by atoms with Gasteiger partial charge in [-0.15, -0.1) is 6.58 Å². The van der Waals surface area contributed by atoms with Gasteiger partial charge in [0.1, 0.15) is 18.0 Å². The van der Waals surface area contributed by atoms with Gasteiger partial charge in [-0.25, -0.2) is 14.8 Å². The number of nitrogens with zero attached hydrogens (tertiary/aromatic N) is 5. The number of aromatic nitrogens is 1. The highest BCUT2D eigenvalue weighted by Gasteiger charge is 2.51. The summed E-state index contributed by atoms with van der Waals surface area (Å²) in [5.41, 5.74) is 6.02. The number of fused-ring (bicyclic) bond motifs is 2. The van der Waals surface area contributed by atoms with Crippen molar-refractivity contribution in [3.05, 3.63) is 138 Å². The van der Waals surface area contributed by atoms with Gasteiger partial charge in [0.25, 0.3) is 0 Å². The lowest BCUT2D eigenvalue weighted by molar-refractivity contribution is -0.205. The van der Waals surface area contributed by atoms with E-state index in [1.165, 1.54) is 7.11 Å². The highest BCUT2D eigenvalue weighted by atomic mass is 16.5. The van der Waals surface area contributed by atoms with Crippen molar-refractivity contribution in [3.63, 3.8) is 0 Å². The normalized spacial score (nSPS) is 17.5. The van der Waals surface area contributed by atoms with Crippen molar-refractivity contribution in [3.8, 4) is 16.9 Å². The third-order valence-electron chi connectivity index (χ3n) is 10.3. The van der Waals surface area contributed by atoms with Crippen molar-refractivity contribution in [2.75, 3.05) is 26.7 Å². The lowest BCUT2D eigenvalue weighted by atomic mass is 9.97. The first kappa shape index (κ1) is 36.2. The Morgan fingerprint density at radius 1 is 0.926 bits per heavy atom. The second kappa shape index (κ2) is 15.4. The summed E-state index contributed by atoms with van der Waals surface area (Å²) in [6, 6.07) is 28.8. The van der Waals surface area contributed by atoms with Crippen molar-refractivity contribution in [1.82, 2.24) is 24.4 Å². The van der Waals surface area contributed by atoms with Crippen molar-refractivity contribution >= 4 is 34.6 Å². The maximum atomic E-state index is 14.7. The predicted octanol–water partition coefficient (Wildman–Crippen LogP) is 5.32. The molecule has 5 aromatic rings. The van der Waals surface area contributed by atoms with Crippen LogP contribution in [0.5, 0.6) is 5.75 Å². The molecule has 0 unspecified atom stereocenters. The van der Waals surface area contributed by atoms with Crippen LogP contribution in [0.25, 0.3) is 22.0 Å². The van der Waals surface area contributed by atoms with Crippen molar-refractivity contribution < 1.29 is 29.0 Å². The van der Waals surface area contributed by atoms with Crippen LogP contribution < -0.4 is 0 Å². The van der Waals surface area contributed by atoms with Gasteiger partial charge in [0.2, 0.25) is 17.7 Å². The molecule has 3 heterocycles. The molecule has 2 fully saturated rings. The molecule has 7 rings (SSSR count). The minimum Gasteiger partial charge on any atom is -0.508 e. The molecule has 0 saturated carbocycles. The van der Waals surface area contributed by atoms with E-state index in [9.17, 15) is 24.3 Å². The number of carbonyl (C=O) groups is 4. The maximum absolute atomic E-state index is 14.7. The largest absolute Gasteiger partial charge is 0.508 e. The average Bonchev–Trinajstić information content (AvgIpc) is 3.53. The number of phenols is 1. The number of phenolic OH excluding ortho intramolecular Hbond substituents is 1. The van der Waals surface area contributed by atoms with Crippen LogP contribution in [-0.4, -0.2) is 92.1 Å². The van der Waals surface area contributed by atoms with Crippen molar-refractivity contribution in [2.45, 2.75) is 38.0 Å². The smallest absolute Gasteiger partial charge is 0.337 e. The Balaban J connectivity index is 1.25. The molecule has 54 heavy (non-hydrogen) atoms. The van der Waals surface area contributed by atoms with Crippen LogP contribution >= 0.6 is 0 Å². The number of hydrazine groups is 1. The van der Waals surface area contributed by atoms with E-state index in [4.69, 9.17) is 4.74 Å². The first-order valence-corrected chi connectivity index (χ1v) is 18.0. The Morgan fingerprint density at radius 3 is 2.37 bits per heavy atom. The fraction of sp³-hybridized carbons (Fsp3) is 0.256. The zero-order valence-corrected chi connectivity index (χ0v) is 30.4. The second-order valence-corrected chi connectivity index (χ2v) is 13.8. The zero-order chi connectivity index (χ0) is 37.9. The van der Waals surface area contributed by atoms with Gasteiger partial charge in [-0.2, -0.15) is 0 Å². The molecule has 0 spiro atoms. The lowest BCUT2D eigenvalue weighted by Gasteiger charge is -2.55. The van der Waals surface area contributed by atoms with Crippen molar-refractivity contribution in [1.29, 1.82) is 0 Å². The minimum atomic E-state index is -0.882. The van der Waals surface area contributed by atoms with Gasteiger partial charge in [0.05, 0.1) is 31.3 Å². The number of aryl methyl sites for hydroxylation is 2. The number of hydrogen-bond acceptors (Lipinski definition) is 7. The number of esters is 1. The quantitative estimate of drug-likeness (QED) is 0.145.